The first-order valence-electron chi connectivity index (χ1n) is 8.48. The van der Waals surface area contributed by atoms with Crippen molar-refractivity contribution < 1.29 is 14.5 Å². The molecule has 1 N–H and O–H groups in total. The number of hydrogen-bond acceptors (Lipinski definition) is 7. The summed E-state index contributed by atoms with van der Waals surface area (Å²) in [5.41, 5.74) is 1.75. The maximum absolute atomic E-state index is 12.3. The van der Waals surface area contributed by atoms with Crippen LogP contribution in [0.2, 0.25) is 0 Å². The van der Waals surface area contributed by atoms with Crippen molar-refractivity contribution in [2.45, 2.75) is 19.8 Å². The molecule has 3 rings (SSSR count). The molecule has 1 heterocycles. The quantitative estimate of drug-likeness (QED) is 0.479. The number of hydrogen-bond donors (Lipinski definition) is 1. The Morgan fingerprint density at radius 2 is 1.93 bits per heavy atom. The number of carbonyl (C=O) groups is 1. The molecule has 0 saturated heterocycles. The first-order chi connectivity index (χ1) is 13.5. The standard InChI is InChI=1S/C19H18N4O4S/c1-12-3-7-14(11-16(12)23(25)26)18(24)20-19-22-21-17(28-19)10-6-13-4-8-15(27-2)9-5-13/h3-5,7-9,11H,6,10H2,1-2H3,(H,20,22,24). The molecule has 0 unspecified atom stereocenters. The van der Waals surface area contributed by atoms with Crippen LogP contribution in [0.3, 0.4) is 0 Å². The summed E-state index contributed by atoms with van der Waals surface area (Å²) in [5.74, 6) is 0.349. The van der Waals surface area contributed by atoms with Crippen molar-refractivity contribution in [3.63, 3.8) is 0 Å². The Morgan fingerprint density at radius 1 is 1.18 bits per heavy atom. The second kappa shape index (κ2) is 8.57. The van der Waals surface area contributed by atoms with Crippen molar-refractivity contribution >= 4 is 28.1 Å². The van der Waals surface area contributed by atoms with E-state index in [-0.39, 0.29) is 11.3 Å². The van der Waals surface area contributed by atoms with E-state index in [1.807, 2.05) is 24.3 Å². The number of methoxy groups -OCH3 is 1. The second-order valence-electron chi connectivity index (χ2n) is 6.06. The van der Waals surface area contributed by atoms with E-state index in [4.69, 9.17) is 4.74 Å². The fourth-order valence-corrected chi connectivity index (χ4v) is 3.30. The first kappa shape index (κ1) is 19.4. The largest absolute Gasteiger partial charge is 0.497 e. The summed E-state index contributed by atoms with van der Waals surface area (Å²) in [6.07, 6.45) is 1.48. The van der Waals surface area contributed by atoms with Crippen molar-refractivity contribution in [2.24, 2.45) is 0 Å². The van der Waals surface area contributed by atoms with Crippen LogP contribution < -0.4 is 10.1 Å². The molecule has 0 radical (unpaired) electrons. The van der Waals surface area contributed by atoms with Gasteiger partial charge in [-0.1, -0.05) is 29.5 Å². The van der Waals surface area contributed by atoms with Crippen molar-refractivity contribution in [3.05, 3.63) is 74.3 Å². The second-order valence-corrected chi connectivity index (χ2v) is 7.12. The van der Waals surface area contributed by atoms with E-state index in [1.54, 1.807) is 26.2 Å². The normalized spacial score (nSPS) is 10.5. The molecule has 0 saturated carbocycles. The summed E-state index contributed by atoms with van der Waals surface area (Å²) in [6.45, 7) is 1.62. The van der Waals surface area contributed by atoms with E-state index in [2.05, 4.69) is 15.5 Å². The van der Waals surface area contributed by atoms with Gasteiger partial charge in [-0.25, -0.2) is 0 Å². The Labute approximate surface area is 165 Å². The van der Waals surface area contributed by atoms with Gasteiger partial charge in [0.2, 0.25) is 5.13 Å². The average Bonchev–Trinajstić information content (AvgIpc) is 3.14. The fraction of sp³-hybridized carbons (Fsp3) is 0.211. The summed E-state index contributed by atoms with van der Waals surface area (Å²) in [6, 6.07) is 12.1. The van der Waals surface area contributed by atoms with E-state index in [0.717, 1.165) is 22.7 Å². The zero-order chi connectivity index (χ0) is 20.1. The van der Waals surface area contributed by atoms with Gasteiger partial charge in [-0.15, -0.1) is 10.2 Å². The number of rotatable bonds is 7. The Hall–Kier alpha value is -3.33. The summed E-state index contributed by atoms with van der Waals surface area (Å²) in [5, 5.41) is 22.9. The lowest BCUT2D eigenvalue weighted by atomic mass is 10.1. The summed E-state index contributed by atoms with van der Waals surface area (Å²) in [4.78, 5) is 22.9. The van der Waals surface area contributed by atoms with Crippen LogP contribution in [0.4, 0.5) is 10.8 Å². The van der Waals surface area contributed by atoms with Crippen LogP contribution in [-0.4, -0.2) is 28.1 Å². The van der Waals surface area contributed by atoms with E-state index in [0.29, 0.717) is 17.1 Å². The van der Waals surface area contributed by atoms with Gasteiger partial charge in [0.05, 0.1) is 12.0 Å². The third-order valence-corrected chi connectivity index (χ3v) is 5.04. The summed E-state index contributed by atoms with van der Waals surface area (Å²) in [7, 11) is 1.63. The van der Waals surface area contributed by atoms with Gasteiger partial charge in [-0.3, -0.25) is 20.2 Å². The molecule has 3 aromatic rings. The third kappa shape index (κ3) is 4.68. The molecule has 28 heavy (non-hydrogen) atoms. The number of nitro groups is 1. The minimum Gasteiger partial charge on any atom is -0.497 e. The molecule has 0 aliphatic heterocycles. The Morgan fingerprint density at radius 3 is 2.61 bits per heavy atom. The molecule has 0 atom stereocenters. The Balaban J connectivity index is 1.61. The highest BCUT2D eigenvalue weighted by Crippen LogP contribution is 2.22. The van der Waals surface area contributed by atoms with Crippen LogP contribution in [0.15, 0.2) is 42.5 Å². The highest BCUT2D eigenvalue weighted by Gasteiger charge is 2.16. The topological polar surface area (TPSA) is 107 Å². The lowest BCUT2D eigenvalue weighted by molar-refractivity contribution is -0.385. The van der Waals surface area contributed by atoms with Crippen LogP contribution in [0.1, 0.15) is 26.5 Å². The number of nitro benzene ring substituents is 1. The highest BCUT2D eigenvalue weighted by atomic mass is 32.1. The van der Waals surface area contributed by atoms with E-state index >= 15 is 0 Å². The van der Waals surface area contributed by atoms with Gasteiger partial charge >= 0.3 is 0 Å². The molecule has 0 fully saturated rings. The van der Waals surface area contributed by atoms with Crippen molar-refractivity contribution in [1.29, 1.82) is 0 Å². The number of nitrogens with zero attached hydrogens (tertiary/aromatic N) is 3. The molecule has 1 amide bonds. The number of carbonyl (C=O) groups excluding carboxylic acids is 1. The van der Waals surface area contributed by atoms with E-state index in [9.17, 15) is 14.9 Å². The number of aromatic nitrogens is 2. The van der Waals surface area contributed by atoms with Crippen LogP contribution in [0.5, 0.6) is 5.75 Å². The molecule has 0 bridgehead atoms. The zero-order valence-corrected chi connectivity index (χ0v) is 16.2. The van der Waals surface area contributed by atoms with Gasteiger partial charge in [-0.2, -0.15) is 0 Å². The fourth-order valence-electron chi connectivity index (χ4n) is 2.57. The van der Waals surface area contributed by atoms with Gasteiger partial charge < -0.3 is 4.74 Å². The van der Waals surface area contributed by atoms with E-state index in [1.165, 1.54) is 17.4 Å². The molecule has 9 heteroatoms. The van der Waals surface area contributed by atoms with Crippen LogP contribution in [0.25, 0.3) is 0 Å². The predicted molar refractivity (Wildman–Crippen MR) is 106 cm³/mol. The molecular formula is C19H18N4O4S. The maximum atomic E-state index is 12.3. The Kier molecular flexibility index (Phi) is 5.95. The lowest BCUT2D eigenvalue weighted by Crippen LogP contribution is -2.12. The van der Waals surface area contributed by atoms with Crippen LogP contribution in [-0.2, 0) is 12.8 Å². The monoisotopic (exact) mass is 398 g/mol. The van der Waals surface area contributed by atoms with Gasteiger partial charge in [-0.05, 0) is 37.1 Å². The number of nitrogens with one attached hydrogen (secondary N) is 1. The van der Waals surface area contributed by atoms with Crippen molar-refractivity contribution in [1.82, 2.24) is 10.2 Å². The van der Waals surface area contributed by atoms with Gasteiger partial charge in [0, 0.05) is 23.6 Å². The van der Waals surface area contributed by atoms with E-state index < -0.39 is 10.8 Å². The SMILES string of the molecule is COc1ccc(CCc2nnc(NC(=O)c3ccc(C)c([N+](=O)[O-])c3)s2)cc1. The minimum absolute atomic E-state index is 0.0925. The zero-order valence-electron chi connectivity index (χ0n) is 15.3. The number of benzene rings is 2. The molecule has 0 spiro atoms. The predicted octanol–water partition coefficient (Wildman–Crippen LogP) is 3.80. The number of amides is 1. The summed E-state index contributed by atoms with van der Waals surface area (Å²) >= 11 is 1.28. The maximum Gasteiger partial charge on any atom is 0.273 e. The average molecular weight is 398 g/mol. The van der Waals surface area contributed by atoms with Crippen LogP contribution >= 0.6 is 11.3 Å². The molecule has 0 aliphatic rings. The molecular weight excluding hydrogens is 380 g/mol. The highest BCUT2D eigenvalue weighted by molar-refractivity contribution is 7.15. The van der Waals surface area contributed by atoms with Gasteiger partial charge in [0.15, 0.2) is 0 Å². The molecule has 8 nitrogen and oxygen atoms in total. The number of ether oxygens (including phenoxy) is 1. The van der Waals surface area contributed by atoms with Crippen LogP contribution in [0, 0.1) is 17.0 Å². The molecule has 1 aromatic heterocycles. The lowest BCUT2D eigenvalue weighted by Gasteiger charge is -2.03. The number of anilines is 1. The summed E-state index contributed by atoms with van der Waals surface area (Å²) < 4.78 is 5.14. The smallest absolute Gasteiger partial charge is 0.273 e. The third-order valence-electron chi connectivity index (χ3n) is 4.14. The van der Waals surface area contributed by atoms with Gasteiger partial charge in [0.1, 0.15) is 10.8 Å². The Bertz CT molecular complexity index is 1000. The van der Waals surface area contributed by atoms with Crippen molar-refractivity contribution in [3.8, 4) is 5.75 Å². The molecule has 0 aliphatic carbocycles. The minimum atomic E-state index is -0.506. The molecule has 144 valence electrons. The first-order valence-corrected chi connectivity index (χ1v) is 9.29. The molecule has 2 aromatic carbocycles. The van der Waals surface area contributed by atoms with Crippen molar-refractivity contribution in [2.75, 3.05) is 12.4 Å². The number of aryl methyl sites for hydroxylation is 3. The van der Waals surface area contributed by atoms with Gasteiger partial charge in [0.25, 0.3) is 11.6 Å².